The first-order valence-electron chi connectivity index (χ1n) is 9.64. The van der Waals surface area contributed by atoms with Gasteiger partial charge in [-0.15, -0.1) is 0 Å². The molecular formula is C20H30N2O4. The van der Waals surface area contributed by atoms with Gasteiger partial charge in [0.25, 0.3) is 0 Å². The van der Waals surface area contributed by atoms with E-state index in [0.717, 1.165) is 52.0 Å². The van der Waals surface area contributed by atoms with Crippen molar-refractivity contribution in [2.24, 2.45) is 11.7 Å². The fourth-order valence-electron chi connectivity index (χ4n) is 3.60. The van der Waals surface area contributed by atoms with E-state index in [1.807, 2.05) is 18.2 Å². The maximum Gasteiger partial charge on any atom is 0.237 e. The molecule has 1 aromatic carbocycles. The summed E-state index contributed by atoms with van der Waals surface area (Å²) in [6.07, 6.45) is 4.72. The maximum absolute atomic E-state index is 11.7. The number of unbranched alkanes of at least 4 members (excludes halogenated alkanes) is 1. The van der Waals surface area contributed by atoms with E-state index in [2.05, 4.69) is 12.1 Å². The highest BCUT2D eigenvalue weighted by molar-refractivity contribution is 5.79. The van der Waals surface area contributed by atoms with E-state index in [1.165, 1.54) is 5.56 Å². The van der Waals surface area contributed by atoms with Crippen LogP contribution in [-0.4, -0.2) is 49.5 Å². The molecule has 0 spiro atoms. The molecule has 1 amide bonds. The second-order valence-electron chi connectivity index (χ2n) is 7.24. The largest absolute Gasteiger partial charge is 0.381 e. The van der Waals surface area contributed by atoms with Crippen molar-refractivity contribution in [3.8, 4) is 0 Å². The van der Waals surface area contributed by atoms with Crippen LogP contribution in [0.3, 0.4) is 0 Å². The summed E-state index contributed by atoms with van der Waals surface area (Å²) in [4.78, 5) is 17.7. The molecule has 6 heteroatoms. The number of amides is 1. The van der Waals surface area contributed by atoms with Gasteiger partial charge in [0, 0.05) is 26.2 Å². The van der Waals surface area contributed by atoms with E-state index < -0.39 is 0 Å². The zero-order valence-electron chi connectivity index (χ0n) is 15.3. The summed E-state index contributed by atoms with van der Waals surface area (Å²) in [7, 11) is 0. The van der Waals surface area contributed by atoms with Gasteiger partial charge in [0.1, 0.15) is 6.04 Å². The van der Waals surface area contributed by atoms with Crippen LogP contribution in [0.1, 0.15) is 37.7 Å². The van der Waals surface area contributed by atoms with Gasteiger partial charge in [-0.25, -0.2) is 0 Å². The first kappa shape index (κ1) is 19.3. The Morgan fingerprint density at radius 1 is 1.27 bits per heavy atom. The van der Waals surface area contributed by atoms with Crippen LogP contribution in [0.15, 0.2) is 30.3 Å². The normalized spacial score (nSPS) is 26.4. The number of carbonyl (C=O) groups excluding carboxylic acids is 1. The van der Waals surface area contributed by atoms with Gasteiger partial charge in [-0.05, 0) is 37.2 Å². The molecule has 0 aliphatic carbocycles. The number of nitrogens with two attached hydrogens (primary N) is 1. The van der Waals surface area contributed by atoms with Crippen LogP contribution in [-0.2, 0) is 25.7 Å². The SMILES string of the molecule is NC(=O)C1CC(CCCCOCc2ccccc2)ON1CC1CCOC1. The van der Waals surface area contributed by atoms with Crippen molar-refractivity contribution in [1.29, 1.82) is 0 Å². The van der Waals surface area contributed by atoms with Gasteiger partial charge < -0.3 is 15.2 Å². The van der Waals surface area contributed by atoms with Crippen LogP contribution in [0.5, 0.6) is 0 Å². The zero-order valence-corrected chi connectivity index (χ0v) is 15.3. The van der Waals surface area contributed by atoms with E-state index in [-0.39, 0.29) is 18.1 Å². The molecule has 2 heterocycles. The zero-order chi connectivity index (χ0) is 18.2. The summed E-state index contributed by atoms with van der Waals surface area (Å²) in [5.74, 6) is 0.139. The lowest BCUT2D eigenvalue weighted by molar-refractivity contribution is -0.175. The second kappa shape index (κ2) is 10.0. The van der Waals surface area contributed by atoms with Crippen LogP contribution >= 0.6 is 0 Å². The molecule has 2 aliphatic rings. The minimum atomic E-state index is -0.310. The quantitative estimate of drug-likeness (QED) is 0.646. The van der Waals surface area contributed by atoms with Gasteiger partial charge in [-0.2, -0.15) is 5.06 Å². The van der Waals surface area contributed by atoms with Crippen molar-refractivity contribution in [3.63, 3.8) is 0 Å². The third-order valence-corrected chi connectivity index (χ3v) is 5.09. The average molecular weight is 362 g/mol. The number of primary amides is 1. The molecule has 0 saturated carbocycles. The molecule has 3 unspecified atom stereocenters. The Morgan fingerprint density at radius 3 is 2.85 bits per heavy atom. The number of rotatable bonds is 10. The maximum atomic E-state index is 11.7. The fourth-order valence-corrected chi connectivity index (χ4v) is 3.60. The highest BCUT2D eigenvalue weighted by atomic mass is 16.7. The van der Waals surface area contributed by atoms with Crippen LogP contribution < -0.4 is 5.73 Å². The Bertz CT molecular complexity index is 548. The van der Waals surface area contributed by atoms with Crippen LogP contribution in [0.4, 0.5) is 0 Å². The summed E-state index contributed by atoms with van der Waals surface area (Å²) in [6.45, 7) is 3.66. The van der Waals surface area contributed by atoms with E-state index in [1.54, 1.807) is 5.06 Å². The molecule has 144 valence electrons. The lowest BCUT2D eigenvalue weighted by atomic mass is 10.0. The van der Waals surface area contributed by atoms with Crippen molar-refractivity contribution in [2.45, 2.75) is 50.9 Å². The summed E-state index contributed by atoms with van der Waals surface area (Å²) in [6, 6.07) is 9.88. The molecule has 2 saturated heterocycles. The number of hydrogen-bond acceptors (Lipinski definition) is 5. The molecule has 2 N–H and O–H groups in total. The average Bonchev–Trinajstić information content (AvgIpc) is 3.29. The lowest BCUT2D eigenvalue weighted by Crippen LogP contribution is -2.41. The van der Waals surface area contributed by atoms with E-state index in [4.69, 9.17) is 20.0 Å². The van der Waals surface area contributed by atoms with Gasteiger partial charge >= 0.3 is 0 Å². The summed E-state index contributed by atoms with van der Waals surface area (Å²) in [5, 5.41) is 1.80. The molecule has 2 aliphatic heterocycles. The van der Waals surface area contributed by atoms with Crippen LogP contribution in [0, 0.1) is 5.92 Å². The Morgan fingerprint density at radius 2 is 2.12 bits per heavy atom. The highest BCUT2D eigenvalue weighted by Gasteiger charge is 2.38. The van der Waals surface area contributed by atoms with Crippen molar-refractivity contribution in [3.05, 3.63) is 35.9 Å². The molecule has 2 fully saturated rings. The predicted molar refractivity (Wildman–Crippen MR) is 98.1 cm³/mol. The number of ether oxygens (including phenoxy) is 2. The molecule has 3 atom stereocenters. The third kappa shape index (κ3) is 5.77. The topological polar surface area (TPSA) is 74.0 Å². The lowest BCUT2D eigenvalue weighted by Gasteiger charge is -2.23. The third-order valence-electron chi connectivity index (χ3n) is 5.09. The predicted octanol–water partition coefficient (Wildman–Crippen LogP) is 2.27. The van der Waals surface area contributed by atoms with Crippen molar-refractivity contribution < 1.29 is 19.1 Å². The number of benzene rings is 1. The van der Waals surface area contributed by atoms with E-state index in [9.17, 15) is 4.79 Å². The van der Waals surface area contributed by atoms with Crippen molar-refractivity contribution >= 4 is 5.91 Å². The summed E-state index contributed by atoms with van der Waals surface area (Å²) >= 11 is 0. The minimum Gasteiger partial charge on any atom is -0.381 e. The Labute approximate surface area is 155 Å². The summed E-state index contributed by atoms with van der Waals surface area (Å²) < 4.78 is 11.1. The fraction of sp³-hybridized carbons (Fsp3) is 0.650. The first-order valence-corrected chi connectivity index (χ1v) is 9.64. The van der Waals surface area contributed by atoms with Gasteiger partial charge in [-0.3, -0.25) is 9.63 Å². The van der Waals surface area contributed by atoms with Crippen LogP contribution in [0.25, 0.3) is 0 Å². The molecule has 0 bridgehead atoms. The van der Waals surface area contributed by atoms with E-state index in [0.29, 0.717) is 18.9 Å². The Balaban J connectivity index is 1.32. The van der Waals surface area contributed by atoms with Crippen molar-refractivity contribution in [1.82, 2.24) is 5.06 Å². The highest BCUT2D eigenvalue weighted by Crippen LogP contribution is 2.27. The number of nitrogens with zero attached hydrogens (tertiary/aromatic N) is 1. The molecule has 1 aromatic rings. The van der Waals surface area contributed by atoms with Crippen LogP contribution in [0.2, 0.25) is 0 Å². The van der Waals surface area contributed by atoms with Gasteiger partial charge in [0.15, 0.2) is 0 Å². The molecule has 0 radical (unpaired) electrons. The monoisotopic (exact) mass is 362 g/mol. The number of carbonyl (C=O) groups is 1. The molecule has 6 nitrogen and oxygen atoms in total. The standard InChI is InChI=1S/C20H30N2O4/c21-20(23)19-12-18(26-22(19)13-17-9-11-25-15-17)8-4-5-10-24-14-16-6-2-1-3-7-16/h1-3,6-7,17-19H,4-5,8-15H2,(H2,21,23). The molecule has 3 rings (SSSR count). The molecular weight excluding hydrogens is 332 g/mol. The number of hydroxylamine groups is 2. The van der Waals surface area contributed by atoms with Crippen molar-refractivity contribution in [2.75, 3.05) is 26.4 Å². The summed E-state index contributed by atoms with van der Waals surface area (Å²) in [5.41, 5.74) is 6.76. The van der Waals surface area contributed by atoms with Gasteiger partial charge in [-0.1, -0.05) is 30.3 Å². The smallest absolute Gasteiger partial charge is 0.237 e. The minimum absolute atomic E-state index is 0.0731. The Hall–Kier alpha value is -1.47. The number of hydrogen-bond donors (Lipinski definition) is 1. The second-order valence-corrected chi connectivity index (χ2v) is 7.24. The first-order chi connectivity index (χ1) is 12.7. The molecule has 0 aromatic heterocycles. The molecule has 26 heavy (non-hydrogen) atoms. The van der Waals surface area contributed by atoms with Gasteiger partial charge in [0.05, 0.1) is 19.3 Å². The Kier molecular flexibility index (Phi) is 7.43. The van der Waals surface area contributed by atoms with E-state index >= 15 is 0 Å². The van der Waals surface area contributed by atoms with Gasteiger partial charge in [0.2, 0.25) is 5.91 Å².